The second-order valence-corrected chi connectivity index (χ2v) is 8.15. The second kappa shape index (κ2) is 10.8. The second-order valence-electron chi connectivity index (χ2n) is 8.15. The summed E-state index contributed by atoms with van der Waals surface area (Å²) >= 11 is 0. The van der Waals surface area contributed by atoms with Crippen LogP contribution in [0.5, 0.6) is 5.75 Å². The molecule has 2 aromatic rings. The molecule has 1 fully saturated rings. The van der Waals surface area contributed by atoms with Gasteiger partial charge in [0, 0.05) is 32.1 Å². The Morgan fingerprint density at radius 3 is 2.77 bits per heavy atom. The monoisotopic (exact) mass is 405 g/mol. The number of hydrogen-bond donors (Lipinski definition) is 1. The number of rotatable bonds is 8. The van der Waals surface area contributed by atoms with Crippen molar-refractivity contribution >= 4 is 5.91 Å². The number of nitriles is 1. The molecule has 1 aliphatic heterocycles. The van der Waals surface area contributed by atoms with Crippen LogP contribution in [0.15, 0.2) is 42.5 Å². The number of aryl methyl sites for hydroxylation is 2. The van der Waals surface area contributed by atoms with Gasteiger partial charge in [0.2, 0.25) is 5.91 Å². The number of likely N-dealkylation sites (tertiary alicyclic amines) is 1. The SMILES string of the molecule is Cc1ccc(C)c(OCCCC(=O)NC2CCN(Cc3cccc(C#N)c3)CC2)c1. The first-order valence-corrected chi connectivity index (χ1v) is 10.7. The summed E-state index contributed by atoms with van der Waals surface area (Å²) in [5, 5.41) is 12.2. The van der Waals surface area contributed by atoms with Gasteiger partial charge in [-0.15, -0.1) is 0 Å². The van der Waals surface area contributed by atoms with Crippen LogP contribution in [0.25, 0.3) is 0 Å². The topological polar surface area (TPSA) is 65.4 Å². The van der Waals surface area contributed by atoms with Gasteiger partial charge in [0.1, 0.15) is 5.75 Å². The van der Waals surface area contributed by atoms with Crippen molar-refractivity contribution in [3.63, 3.8) is 0 Å². The summed E-state index contributed by atoms with van der Waals surface area (Å²) in [5.74, 6) is 1.02. The number of amides is 1. The lowest BCUT2D eigenvalue weighted by Gasteiger charge is -2.32. The third-order valence-corrected chi connectivity index (χ3v) is 5.56. The van der Waals surface area contributed by atoms with Crippen molar-refractivity contribution in [2.75, 3.05) is 19.7 Å². The molecule has 0 saturated carbocycles. The fourth-order valence-corrected chi connectivity index (χ4v) is 3.81. The van der Waals surface area contributed by atoms with Crippen LogP contribution in [0, 0.1) is 25.2 Å². The van der Waals surface area contributed by atoms with Crippen molar-refractivity contribution < 1.29 is 9.53 Å². The first-order chi connectivity index (χ1) is 14.5. The van der Waals surface area contributed by atoms with Crippen molar-refractivity contribution in [3.8, 4) is 11.8 Å². The minimum absolute atomic E-state index is 0.111. The molecule has 1 amide bonds. The maximum Gasteiger partial charge on any atom is 0.220 e. The smallest absolute Gasteiger partial charge is 0.220 e. The molecule has 0 aliphatic carbocycles. The predicted molar refractivity (Wildman–Crippen MR) is 118 cm³/mol. The summed E-state index contributed by atoms with van der Waals surface area (Å²) < 4.78 is 5.84. The lowest BCUT2D eigenvalue weighted by atomic mass is 10.0. The molecule has 0 radical (unpaired) electrons. The molecule has 5 nitrogen and oxygen atoms in total. The summed E-state index contributed by atoms with van der Waals surface area (Å²) in [6.45, 7) is 7.40. The highest BCUT2D eigenvalue weighted by molar-refractivity contribution is 5.76. The summed E-state index contributed by atoms with van der Waals surface area (Å²) in [7, 11) is 0. The van der Waals surface area contributed by atoms with Crippen LogP contribution < -0.4 is 10.1 Å². The molecule has 5 heteroatoms. The summed E-state index contributed by atoms with van der Waals surface area (Å²) in [4.78, 5) is 14.7. The van der Waals surface area contributed by atoms with Crippen LogP contribution in [0.2, 0.25) is 0 Å². The number of piperidine rings is 1. The molecular weight excluding hydrogens is 374 g/mol. The number of benzene rings is 2. The molecule has 0 atom stereocenters. The van der Waals surface area contributed by atoms with Gasteiger partial charge in [0.15, 0.2) is 0 Å². The molecule has 158 valence electrons. The Morgan fingerprint density at radius 1 is 1.20 bits per heavy atom. The van der Waals surface area contributed by atoms with Crippen molar-refractivity contribution in [1.82, 2.24) is 10.2 Å². The minimum atomic E-state index is 0.111. The van der Waals surface area contributed by atoms with Crippen molar-refractivity contribution in [2.24, 2.45) is 0 Å². The van der Waals surface area contributed by atoms with Crippen molar-refractivity contribution in [3.05, 3.63) is 64.7 Å². The number of hydrogen-bond acceptors (Lipinski definition) is 4. The molecule has 1 heterocycles. The average molecular weight is 406 g/mol. The molecule has 0 bridgehead atoms. The van der Waals surface area contributed by atoms with Gasteiger partial charge >= 0.3 is 0 Å². The molecule has 2 aromatic carbocycles. The van der Waals surface area contributed by atoms with Gasteiger partial charge < -0.3 is 10.1 Å². The third kappa shape index (κ3) is 6.60. The average Bonchev–Trinajstić information content (AvgIpc) is 2.75. The van der Waals surface area contributed by atoms with Crippen LogP contribution in [-0.4, -0.2) is 36.5 Å². The van der Waals surface area contributed by atoms with E-state index in [2.05, 4.69) is 41.4 Å². The zero-order valence-electron chi connectivity index (χ0n) is 18.0. The number of carbonyl (C=O) groups excluding carboxylic acids is 1. The van der Waals surface area contributed by atoms with Crippen LogP contribution >= 0.6 is 0 Å². The highest BCUT2D eigenvalue weighted by Gasteiger charge is 2.20. The molecular formula is C25H31N3O2. The van der Waals surface area contributed by atoms with E-state index in [1.807, 2.05) is 31.2 Å². The molecule has 1 saturated heterocycles. The van der Waals surface area contributed by atoms with Crippen LogP contribution in [0.4, 0.5) is 0 Å². The number of ether oxygens (including phenoxy) is 1. The number of nitrogens with zero attached hydrogens (tertiary/aromatic N) is 2. The molecule has 0 unspecified atom stereocenters. The zero-order valence-corrected chi connectivity index (χ0v) is 18.0. The maximum absolute atomic E-state index is 12.3. The van der Waals surface area contributed by atoms with Gasteiger partial charge in [-0.05, 0) is 68.0 Å². The predicted octanol–water partition coefficient (Wildman–Crippen LogP) is 4.11. The number of carbonyl (C=O) groups is 1. The Kier molecular flexibility index (Phi) is 7.87. The van der Waals surface area contributed by atoms with E-state index in [1.54, 1.807) is 0 Å². The van der Waals surface area contributed by atoms with E-state index in [9.17, 15) is 4.79 Å². The lowest BCUT2D eigenvalue weighted by molar-refractivity contribution is -0.122. The molecule has 1 aliphatic rings. The van der Waals surface area contributed by atoms with E-state index in [0.717, 1.165) is 43.8 Å². The normalized spacial score (nSPS) is 14.8. The molecule has 1 N–H and O–H groups in total. The van der Waals surface area contributed by atoms with E-state index in [1.165, 1.54) is 11.1 Å². The highest BCUT2D eigenvalue weighted by atomic mass is 16.5. The van der Waals surface area contributed by atoms with Crippen molar-refractivity contribution in [1.29, 1.82) is 5.26 Å². The first kappa shape index (κ1) is 21.9. The summed E-state index contributed by atoms with van der Waals surface area (Å²) in [6, 6.07) is 16.4. The summed E-state index contributed by atoms with van der Waals surface area (Å²) in [6.07, 6.45) is 3.13. The Labute approximate surface area is 179 Å². The van der Waals surface area contributed by atoms with E-state index in [0.29, 0.717) is 25.0 Å². The first-order valence-electron chi connectivity index (χ1n) is 10.7. The van der Waals surface area contributed by atoms with E-state index >= 15 is 0 Å². The summed E-state index contributed by atoms with van der Waals surface area (Å²) in [5.41, 5.74) is 4.17. The van der Waals surface area contributed by atoms with Crippen LogP contribution in [0.1, 0.15) is 47.9 Å². The lowest BCUT2D eigenvalue weighted by Crippen LogP contribution is -2.44. The quantitative estimate of drug-likeness (QED) is 0.671. The Bertz CT molecular complexity index is 896. The van der Waals surface area contributed by atoms with Gasteiger partial charge in [0.05, 0.1) is 18.2 Å². The van der Waals surface area contributed by atoms with Crippen LogP contribution in [-0.2, 0) is 11.3 Å². The van der Waals surface area contributed by atoms with Crippen molar-refractivity contribution in [2.45, 2.75) is 52.1 Å². The molecule has 3 rings (SSSR count). The largest absolute Gasteiger partial charge is 0.493 e. The van der Waals surface area contributed by atoms with Gasteiger partial charge in [-0.2, -0.15) is 5.26 Å². The van der Waals surface area contributed by atoms with Crippen LogP contribution in [0.3, 0.4) is 0 Å². The maximum atomic E-state index is 12.3. The fraction of sp³-hybridized carbons (Fsp3) is 0.440. The van der Waals surface area contributed by atoms with Gasteiger partial charge in [-0.1, -0.05) is 24.3 Å². The Hall–Kier alpha value is -2.84. The molecule has 0 spiro atoms. The van der Waals surface area contributed by atoms with Gasteiger partial charge in [-0.25, -0.2) is 0 Å². The van der Waals surface area contributed by atoms with Gasteiger partial charge in [-0.3, -0.25) is 9.69 Å². The molecule has 30 heavy (non-hydrogen) atoms. The van der Waals surface area contributed by atoms with E-state index in [-0.39, 0.29) is 11.9 Å². The Morgan fingerprint density at radius 2 is 2.00 bits per heavy atom. The standard InChI is InChI=1S/C25H31N3O2/c1-19-8-9-20(2)24(15-19)30-14-4-7-25(29)27-23-10-12-28(13-11-23)18-22-6-3-5-21(16-22)17-26/h3,5-6,8-9,15-16,23H,4,7,10-14,18H2,1-2H3,(H,27,29). The number of nitrogens with one attached hydrogen (secondary N) is 1. The minimum Gasteiger partial charge on any atom is -0.493 e. The van der Waals surface area contributed by atoms with Gasteiger partial charge in [0.25, 0.3) is 0 Å². The molecule has 0 aromatic heterocycles. The van der Waals surface area contributed by atoms with E-state index < -0.39 is 0 Å². The fourth-order valence-electron chi connectivity index (χ4n) is 3.81. The van der Waals surface area contributed by atoms with E-state index in [4.69, 9.17) is 10.00 Å². The zero-order chi connectivity index (χ0) is 21.3. The highest BCUT2D eigenvalue weighted by Crippen LogP contribution is 2.19. The third-order valence-electron chi connectivity index (χ3n) is 5.56. The Balaban J connectivity index is 1.33.